The predicted octanol–water partition coefficient (Wildman–Crippen LogP) is 1.85. The number of rotatable bonds is 1. The molecule has 1 fully saturated rings. The molecular formula is C6H7F3O2. The van der Waals surface area contributed by atoms with Crippen LogP contribution in [0.5, 0.6) is 0 Å². The molecule has 0 radical (unpaired) electrons. The Morgan fingerprint density at radius 2 is 1.91 bits per heavy atom. The van der Waals surface area contributed by atoms with E-state index in [4.69, 9.17) is 0 Å². The minimum Gasteiger partial charge on any atom is -0.373 e. The minimum atomic E-state index is -4.83. The summed E-state index contributed by atoms with van der Waals surface area (Å²) in [7, 11) is 0. The highest BCUT2D eigenvalue weighted by Gasteiger charge is 2.50. The standard InChI is InChI=1S/C6H7F3O2/c1-5(2-3-5)4(10)11-6(7,8)9/h2-3H2,1H3. The van der Waals surface area contributed by atoms with Crippen molar-refractivity contribution in [3.05, 3.63) is 0 Å². The summed E-state index contributed by atoms with van der Waals surface area (Å²) in [6.07, 6.45) is -3.85. The van der Waals surface area contributed by atoms with Crippen LogP contribution in [0.25, 0.3) is 0 Å². The molecule has 0 atom stereocenters. The summed E-state index contributed by atoms with van der Waals surface area (Å²) in [4.78, 5) is 10.6. The fourth-order valence-corrected chi connectivity index (χ4v) is 0.620. The topological polar surface area (TPSA) is 26.3 Å². The number of carbonyl (C=O) groups excluding carboxylic acids is 1. The summed E-state index contributed by atoms with van der Waals surface area (Å²) < 4.78 is 37.5. The molecule has 1 rings (SSSR count). The largest absolute Gasteiger partial charge is 0.575 e. The summed E-state index contributed by atoms with van der Waals surface area (Å²) in [5.74, 6) is -1.16. The van der Waals surface area contributed by atoms with E-state index in [0.717, 1.165) is 0 Å². The van der Waals surface area contributed by atoms with Crippen molar-refractivity contribution >= 4 is 5.97 Å². The summed E-state index contributed by atoms with van der Waals surface area (Å²) in [5.41, 5.74) is -0.866. The molecule has 1 aliphatic carbocycles. The van der Waals surface area contributed by atoms with Crippen molar-refractivity contribution in [3.63, 3.8) is 0 Å². The third-order valence-electron chi connectivity index (χ3n) is 1.70. The van der Waals surface area contributed by atoms with Gasteiger partial charge in [-0.15, -0.1) is 13.2 Å². The molecule has 0 heterocycles. The van der Waals surface area contributed by atoms with Gasteiger partial charge in [-0.3, -0.25) is 4.79 Å². The zero-order valence-electron chi connectivity index (χ0n) is 5.86. The zero-order valence-corrected chi connectivity index (χ0v) is 5.86. The van der Waals surface area contributed by atoms with Gasteiger partial charge in [-0.05, 0) is 19.8 Å². The first-order valence-corrected chi connectivity index (χ1v) is 3.14. The number of halogens is 3. The van der Waals surface area contributed by atoms with Crippen molar-refractivity contribution in [3.8, 4) is 0 Å². The first kappa shape index (κ1) is 8.36. The highest BCUT2D eigenvalue weighted by molar-refractivity contribution is 5.79. The van der Waals surface area contributed by atoms with Crippen LogP contribution in [0.2, 0.25) is 0 Å². The normalized spacial score (nSPS) is 21.1. The Kier molecular flexibility index (Phi) is 1.61. The van der Waals surface area contributed by atoms with Crippen LogP contribution in [-0.2, 0) is 9.53 Å². The molecule has 0 aromatic rings. The highest BCUT2D eigenvalue weighted by Crippen LogP contribution is 2.46. The van der Waals surface area contributed by atoms with Gasteiger partial charge in [0.05, 0.1) is 5.41 Å². The van der Waals surface area contributed by atoms with Gasteiger partial charge in [0, 0.05) is 0 Å². The highest BCUT2D eigenvalue weighted by atomic mass is 19.4. The van der Waals surface area contributed by atoms with Crippen molar-refractivity contribution in [2.45, 2.75) is 26.1 Å². The summed E-state index contributed by atoms with van der Waals surface area (Å²) in [6.45, 7) is 1.46. The number of hydrogen-bond acceptors (Lipinski definition) is 2. The molecule has 0 aliphatic heterocycles. The van der Waals surface area contributed by atoms with Crippen molar-refractivity contribution < 1.29 is 22.7 Å². The van der Waals surface area contributed by atoms with Gasteiger partial charge in [0.15, 0.2) is 0 Å². The second kappa shape index (κ2) is 2.12. The molecule has 0 amide bonds. The maximum absolute atomic E-state index is 11.4. The number of carbonyl (C=O) groups is 1. The fraction of sp³-hybridized carbons (Fsp3) is 0.833. The van der Waals surface area contributed by atoms with E-state index < -0.39 is 17.7 Å². The third kappa shape index (κ3) is 2.10. The lowest BCUT2D eigenvalue weighted by Crippen LogP contribution is -2.24. The molecule has 0 bridgehead atoms. The van der Waals surface area contributed by atoms with E-state index in [0.29, 0.717) is 12.8 Å². The van der Waals surface area contributed by atoms with Gasteiger partial charge in [0.25, 0.3) is 0 Å². The van der Waals surface area contributed by atoms with E-state index in [1.54, 1.807) is 0 Å². The molecule has 11 heavy (non-hydrogen) atoms. The van der Waals surface area contributed by atoms with Crippen LogP contribution in [0.3, 0.4) is 0 Å². The maximum Gasteiger partial charge on any atom is 0.575 e. The predicted molar refractivity (Wildman–Crippen MR) is 29.5 cm³/mol. The average molecular weight is 168 g/mol. The third-order valence-corrected chi connectivity index (χ3v) is 1.70. The first-order valence-electron chi connectivity index (χ1n) is 3.14. The van der Waals surface area contributed by atoms with E-state index in [2.05, 4.69) is 4.74 Å². The van der Waals surface area contributed by atoms with Crippen LogP contribution in [-0.4, -0.2) is 12.3 Å². The van der Waals surface area contributed by atoms with Crippen molar-refractivity contribution in [1.29, 1.82) is 0 Å². The van der Waals surface area contributed by atoms with Gasteiger partial charge >= 0.3 is 12.3 Å². The van der Waals surface area contributed by atoms with Crippen molar-refractivity contribution in [2.75, 3.05) is 0 Å². The van der Waals surface area contributed by atoms with Crippen molar-refractivity contribution in [2.24, 2.45) is 5.41 Å². The Morgan fingerprint density at radius 1 is 1.45 bits per heavy atom. The maximum atomic E-state index is 11.4. The number of esters is 1. The smallest absolute Gasteiger partial charge is 0.373 e. The molecule has 0 N–H and O–H groups in total. The summed E-state index contributed by atoms with van der Waals surface area (Å²) in [5, 5.41) is 0. The van der Waals surface area contributed by atoms with Gasteiger partial charge < -0.3 is 4.74 Å². The van der Waals surface area contributed by atoms with Crippen LogP contribution >= 0.6 is 0 Å². The lowest BCUT2D eigenvalue weighted by molar-refractivity contribution is -0.308. The average Bonchev–Trinajstić information content (AvgIpc) is 2.44. The molecule has 5 heteroatoms. The molecule has 1 saturated carbocycles. The molecule has 0 unspecified atom stereocenters. The van der Waals surface area contributed by atoms with Crippen molar-refractivity contribution in [1.82, 2.24) is 0 Å². The minimum absolute atomic E-state index is 0.488. The van der Waals surface area contributed by atoms with Crippen LogP contribution in [0, 0.1) is 5.41 Å². The number of ether oxygens (including phenoxy) is 1. The Morgan fingerprint density at radius 3 is 2.18 bits per heavy atom. The van der Waals surface area contributed by atoms with Crippen LogP contribution in [0.4, 0.5) is 13.2 Å². The SMILES string of the molecule is CC1(C(=O)OC(F)(F)F)CC1. The van der Waals surface area contributed by atoms with Crippen LogP contribution in [0.15, 0.2) is 0 Å². The Bertz CT molecular complexity index is 181. The van der Waals surface area contributed by atoms with Crippen LogP contribution < -0.4 is 0 Å². The lowest BCUT2D eigenvalue weighted by atomic mass is 10.1. The summed E-state index contributed by atoms with van der Waals surface area (Å²) >= 11 is 0. The second-order valence-electron chi connectivity index (χ2n) is 2.90. The molecule has 0 saturated heterocycles. The lowest BCUT2D eigenvalue weighted by Gasteiger charge is -2.10. The first-order chi connectivity index (χ1) is 4.83. The number of hydrogen-bond donors (Lipinski definition) is 0. The zero-order chi connectivity index (χ0) is 8.70. The molecule has 0 spiro atoms. The van der Waals surface area contributed by atoms with E-state index in [1.807, 2.05) is 0 Å². The quantitative estimate of drug-likeness (QED) is 0.558. The van der Waals surface area contributed by atoms with Gasteiger partial charge in [0.2, 0.25) is 0 Å². The molecule has 0 aromatic heterocycles. The molecular weight excluding hydrogens is 161 g/mol. The van der Waals surface area contributed by atoms with E-state index in [1.165, 1.54) is 6.92 Å². The molecule has 2 nitrogen and oxygen atoms in total. The number of alkyl halides is 3. The van der Waals surface area contributed by atoms with E-state index in [9.17, 15) is 18.0 Å². The Balaban J connectivity index is 2.45. The monoisotopic (exact) mass is 168 g/mol. The van der Waals surface area contributed by atoms with E-state index >= 15 is 0 Å². The Labute approximate surface area is 61.3 Å². The second-order valence-corrected chi connectivity index (χ2v) is 2.90. The van der Waals surface area contributed by atoms with Gasteiger partial charge in [-0.25, -0.2) is 0 Å². The van der Waals surface area contributed by atoms with Gasteiger partial charge in [-0.1, -0.05) is 0 Å². The Hall–Kier alpha value is -0.740. The molecule has 0 aromatic carbocycles. The van der Waals surface area contributed by atoms with Gasteiger partial charge in [0.1, 0.15) is 0 Å². The fourth-order valence-electron chi connectivity index (χ4n) is 0.620. The summed E-state index contributed by atoms with van der Waals surface area (Å²) in [6, 6.07) is 0. The molecule has 64 valence electrons. The van der Waals surface area contributed by atoms with Gasteiger partial charge in [-0.2, -0.15) is 0 Å². The van der Waals surface area contributed by atoms with E-state index in [-0.39, 0.29) is 0 Å². The van der Waals surface area contributed by atoms with Crippen LogP contribution in [0.1, 0.15) is 19.8 Å². The molecule has 1 aliphatic rings.